The molecule has 0 aliphatic heterocycles. The van der Waals surface area contributed by atoms with Crippen LogP contribution in [0.5, 0.6) is 0 Å². The molecule has 0 heterocycles. The maximum Gasteiger partial charge on any atom is 0.336 e. The van der Waals surface area contributed by atoms with Crippen molar-refractivity contribution >= 4 is 17.9 Å². The van der Waals surface area contributed by atoms with E-state index in [1.165, 1.54) is 0 Å². The molecule has 0 unspecified atom stereocenters. The van der Waals surface area contributed by atoms with Crippen LogP contribution < -0.4 is 0 Å². The van der Waals surface area contributed by atoms with E-state index in [0.29, 0.717) is 0 Å². The van der Waals surface area contributed by atoms with Gasteiger partial charge in [0.25, 0.3) is 0 Å². The molecule has 0 aliphatic rings. The van der Waals surface area contributed by atoms with E-state index in [4.69, 9.17) is 14.6 Å². The quantitative estimate of drug-likeness (QED) is 0.488. The molecule has 0 fully saturated rings. The van der Waals surface area contributed by atoms with Crippen molar-refractivity contribution in [2.24, 2.45) is 0 Å². The minimum atomic E-state index is -2.55. The van der Waals surface area contributed by atoms with Gasteiger partial charge in [-0.15, -0.1) is 0 Å². The van der Waals surface area contributed by atoms with Gasteiger partial charge in [0.05, 0.1) is 12.8 Å². The van der Waals surface area contributed by atoms with Gasteiger partial charge >= 0.3 is 17.9 Å². The molecule has 0 amide bonds. The number of hydrogen-bond donors (Lipinski definition) is 2. The van der Waals surface area contributed by atoms with Gasteiger partial charge in [-0.05, 0) is 39.8 Å². The molecule has 0 aromatic carbocycles. The number of esters is 2. The van der Waals surface area contributed by atoms with Crippen LogP contribution in [0.4, 0.5) is 0 Å². The van der Waals surface area contributed by atoms with Crippen LogP contribution in [0.25, 0.3) is 0 Å². The first-order valence-electron chi connectivity index (χ1n) is 7.10. The maximum absolute atomic E-state index is 11.6. The lowest BCUT2D eigenvalue weighted by atomic mass is 9.96. The molecular weight excluding hydrogens is 304 g/mol. The minimum absolute atomic E-state index is 0.0259. The van der Waals surface area contributed by atoms with Gasteiger partial charge in [0.1, 0.15) is 13.2 Å². The van der Waals surface area contributed by atoms with Crippen molar-refractivity contribution in [3.63, 3.8) is 0 Å². The largest absolute Gasteiger partial charge is 0.479 e. The van der Waals surface area contributed by atoms with Crippen LogP contribution >= 0.6 is 0 Å². The van der Waals surface area contributed by atoms with Crippen molar-refractivity contribution in [3.8, 4) is 0 Å². The monoisotopic (exact) mass is 328 g/mol. The summed E-state index contributed by atoms with van der Waals surface area (Å²) in [5.41, 5.74) is -0.701. The molecule has 0 aromatic heterocycles. The van der Waals surface area contributed by atoms with Gasteiger partial charge in [-0.2, -0.15) is 0 Å². The third kappa shape index (κ3) is 9.46. The molecule has 2 N–H and O–H groups in total. The topological polar surface area (TPSA) is 110 Å². The number of rotatable bonds is 9. The van der Waals surface area contributed by atoms with E-state index in [9.17, 15) is 19.5 Å². The molecule has 0 aliphatic carbocycles. The van der Waals surface area contributed by atoms with E-state index in [1.807, 2.05) is 27.7 Å². The zero-order chi connectivity index (χ0) is 18.0. The zero-order valence-corrected chi connectivity index (χ0v) is 13.9. The van der Waals surface area contributed by atoms with Crippen LogP contribution in [0.2, 0.25) is 0 Å². The predicted octanol–water partition coefficient (Wildman–Crippen LogP) is 1.60. The number of aliphatic hydroxyl groups is 1. The first kappa shape index (κ1) is 20.9. The lowest BCUT2D eigenvalue weighted by molar-refractivity contribution is -0.172. The SMILES string of the molecule is CC(C)=CCOC(=O)CC(O)(CC(=O)OCC=C(C)C)C(=O)O. The Labute approximate surface area is 135 Å². The lowest BCUT2D eigenvalue weighted by Crippen LogP contribution is -2.43. The van der Waals surface area contributed by atoms with Crippen molar-refractivity contribution in [1.82, 2.24) is 0 Å². The summed E-state index contributed by atoms with van der Waals surface area (Å²) in [6, 6.07) is 0. The maximum atomic E-state index is 11.6. The Morgan fingerprint density at radius 3 is 1.48 bits per heavy atom. The fraction of sp³-hybridized carbons (Fsp3) is 0.562. The standard InChI is InChI=1S/C16H24O7/c1-11(2)5-7-22-13(17)9-16(21,15(19)20)10-14(18)23-8-6-12(3)4/h5-6,21H,7-10H2,1-4H3,(H,19,20). The van der Waals surface area contributed by atoms with Crippen molar-refractivity contribution < 1.29 is 34.1 Å². The van der Waals surface area contributed by atoms with Crippen LogP contribution in [0.1, 0.15) is 40.5 Å². The second kappa shape index (κ2) is 9.78. The summed E-state index contributed by atoms with van der Waals surface area (Å²) >= 11 is 0. The zero-order valence-electron chi connectivity index (χ0n) is 13.9. The van der Waals surface area contributed by atoms with E-state index in [0.717, 1.165) is 11.1 Å². The summed E-state index contributed by atoms with van der Waals surface area (Å²) in [7, 11) is 0. The Kier molecular flexibility index (Phi) is 8.87. The molecule has 0 bridgehead atoms. The number of hydrogen-bond acceptors (Lipinski definition) is 6. The highest BCUT2D eigenvalue weighted by molar-refractivity contribution is 5.89. The van der Waals surface area contributed by atoms with Gasteiger partial charge in [-0.1, -0.05) is 11.1 Å². The number of carboxylic acids is 1. The van der Waals surface area contributed by atoms with Gasteiger partial charge in [0, 0.05) is 0 Å². The van der Waals surface area contributed by atoms with Crippen molar-refractivity contribution in [2.45, 2.75) is 46.1 Å². The average Bonchev–Trinajstić information content (AvgIpc) is 2.36. The van der Waals surface area contributed by atoms with Crippen LogP contribution in [0.3, 0.4) is 0 Å². The van der Waals surface area contributed by atoms with E-state index in [1.54, 1.807) is 12.2 Å². The highest BCUT2D eigenvalue weighted by atomic mass is 16.5. The second-order valence-electron chi connectivity index (χ2n) is 5.62. The van der Waals surface area contributed by atoms with Crippen molar-refractivity contribution in [3.05, 3.63) is 23.3 Å². The molecule has 0 atom stereocenters. The summed E-state index contributed by atoms with van der Waals surface area (Å²) in [6.07, 6.45) is 1.59. The predicted molar refractivity (Wildman–Crippen MR) is 82.6 cm³/mol. The summed E-state index contributed by atoms with van der Waals surface area (Å²) < 4.78 is 9.59. The molecule has 0 rings (SSSR count). The molecular formula is C16H24O7. The van der Waals surface area contributed by atoms with Crippen LogP contribution in [0.15, 0.2) is 23.3 Å². The first-order valence-corrected chi connectivity index (χ1v) is 7.10. The summed E-state index contributed by atoms with van der Waals surface area (Å²) in [4.78, 5) is 34.4. The van der Waals surface area contributed by atoms with Crippen LogP contribution in [0, 0.1) is 0 Å². The molecule has 0 saturated heterocycles. The first-order chi connectivity index (χ1) is 10.6. The molecule has 7 heteroatoms. The summed E-state index contributed by atoms with van der Waals surface area (Å²) in [5.74, 6) is -3.51. The normalized spacial score (nSPS) is 10.5. The smallest absolute Gasteiger partial charge is 0.336 e. The van der Waals surface area contributed by atoms with E-state index >= 15 is 0 Å². The van der Waals surface area contributed by atoms with Gasteiger partial charge in [0.15, 0.2) is 5.60 Å². The van der Waals surface area contributed by atoms with Gasteiger partial charge in [-0.25, -0.2) is 4.79 Å². The van der Waals surface area contributed by atoms with E-state index < -0.39 is 36.4 Å². The Hall–Kier alpha value is -2.15. The van der Waals surface area contributed by atoms with Gasteiger partial charge in [-0.3, -0.25) is 9.59 Å². The summed E-state index contributed by atoms with van der Waals surface area (Å²) in [5, 5.41) is 19.1. The van der Waals surface area contributed by atoms with Gasteiger partial charge in [0.2, 0.25) is 0 Å². The third-order valence-corrected chi connectivity index (χ3v) is 2.74. The molecule has 0 saturated carbocycles. The van der Waals surface area contributed by atoms with Crippen molar-refractivity contribution in [1.29, 1.82) is 0 Å². The fourth-order valence-corrected chi connectivity index (χ4v) is 1.40. The lowest BCUT2D eigenvalue weighted by Gasteiger charge is -2.21. The molecule has 7 nitrogen and oxygen atoms in total. The number of carbonyl (C=O) groups is 3. The Morgan fingerprint density at radius 2 is 1.22 bits per heavy atom. The molecule has 0 aromatic rings. The van der Waals surface area contributed by atoms with Crippen LogP contribution in [-0.4, -0.2) is 46.9 Å². The Morgan fingerprint density at radius 1 is 0.870 bits per heavy atom. The molecule has 0 radical (unpaired) electrons. The number of carboxylic acid groups (broad SMARTS) is 1. The highest BCUT2D eigenvalue weighted by Crippen LogP contribution is 2.18. The third-order valence-electron chi connectivity index (χ3n) is 2.74. The number of carbonyl (C=O) groups excluding carboxylic acids is 2. The second-order valence-corrected chi connectivity index (χ2v) is 5.62. The number of allylic oxidation sites excluding steroid dienone is 2. The summed E-state index contributed by atoms with van der Waals surface area (Å²) in [6.45, 7) is 7.19. The van der Waals surface area contributed by atoms with Crippen molar-refractivity contribution in [2.75, 3.05) is 13.2 Å². The van der Waals surface area contributed by atoms with E-state index in [2.05, 4.69) is 0 Å². The van der Waals surface area contributed by atoms with Gasteiger partial charge < -0.3 is 19.7 Å². The molecule has 23 heavy (non-hydrogen) atoms. The minimum Gasteiger partial charge on any atom is -0.479 e. The number of aliphatic carboxylic acids is 1. The highest BCUT2D eigenvalue weighted by Gasteiger charge is 2.41. The Balaban J connectivity index is 4.64. The van der Waals surface area contributed by atoms with E-state index in [-0.39, 0.29) is 13.2 Å². The number of ether oxygens (including phenoxy) is 2. The molecule has 130 valence electrons. The molecule has 0 spiro atoms. The Bertz CT molecular complexity index is 459. The average molecular weight is 328 g/mol. The fourth-order valence-electron chi connectivity index (χ4n) is 1.40. The van der Waals surface area contributed by atoms with Crippen LogP contribution in [-0.2, 0) is 23.9 Å².